The van der Waals surface area contributed by atoms with Crippen molar-refractivity contribution < 1.29 is 32.3 Å². The second-order valence-corrected chi connectivity index (χ2v) is 8.63. The van der Waals surface area contributed by atoms with Gasteiger partial charge in [0.2, 0.25) is 0 Å². The standard InChI is InChI=1S/C24H22F3NO4/c1-13-7-15(14-3-5-16(25)6-4-14)8-19(32-2)20(13)21-17(29)9-24(10-18(21)30)11-28(12-24)23(31)22(26)27/h3-8,21-22H,9-12H2,1-2H3. The van der Waals surface area contributed by atoms with E-state index in [0.29, 0.717) is 16.9 Å². The van der Waals surface area contributed by atoms with Gasteiger partial charge in [0, 0.05) is 36.9 Å². The Balaban J connectivity index is 1.60. The molecule has 0 atom stereocenters. The molecule has 8 heteroatoms. The van der Waals surface area contributed by atoms with Crippen molar-refractivity contribution in [3.63, 3.8) is 0 Å². The largest absolute Gasteiger partial charge is 0.496 e. The maximum Gasteiger partial charge on any atom is 0.315 e. The predicted molar refractivity (Wildman–Crippen MR) is 110 cm³/mol. The maximum absolute atomic E-state index is 13.3. The van der Waals surface area contributed by atoms with E-state index in [1.807, 2.05) is 6.07 Å². The van der Waals surface area contributed by atoms with Gasteiger partial charge in [-0.2, -0.15) is 8.78 Å². The summed E-state index contributed by atoms with van der Waals surface area (Å²) in [5, 5.41) is 0. The summed E-state index contributed by atoms with van der Waals surface area (Å²) in [6, 6.07) is 9.49. The summed E-state index contributed by atoms with van der Waals surface area (Å²) in [4.78, 5) is 38.6. The fourth-order valence-corrected chi connectivity index (χ4v) is 4.90. The van der Waals surface area contributed by atoms with Crippen molar-refractivity contribution in [2.75, 3.05) is 20.2 Å². The summed E-state index contributed by atoms with van der Waals surface area (Å²) < 4.78 is 44.1. The molecule has 32 heavy (non-hydrogen) atoms. The van der Waals surface area contributed by atoms with Gasteiger partial charge in [-0.05, 0) is 41.8 Å². The van der Waals surface area contributed by atoms with Crippen molar-refractivity contribution in [1.29, 1.82) is 0 Å². The van der Waals surface area contributed by atoms with E-state index in [1.165, 1.54) is 19.2 Å². The van der Waals surface area contributed by atoms with E-state index in [0.717, 1.165) is 16.0 Å². The van der Waals surface area contributed by atoms with E-state index in [4.69, 9.17) is 4.74 Å². The molecule has 0 bridgehead atoms. The normalized spacial score (nSPS) is 18.2. The Hall–Kier alpha value is -3.16. The van der Waals surface area contributed by atoms with Crippen LogP contribution in [0.2, 0.25) is 0 Å². The molecule has 0 radical (unpaired) electrons. The summed E-state index contributed by atoms with van der Waals surface area (Å²) in [7, 11) is 1.45. The molecule has 2 fully saturated rings. The first-order valence-corrected chi connectivity index (χ1v) is 10.2. The molecule has 2 aromatic rings. The van der Waals surface area contributed by atoms with Crippen LogP contribution in [-0.2, 0) is 14.4 Å². The van der Waals surface area contributed by atoms with Gasteiger partial charge in [0.05, 0.1) is 7.11 Å². The minimum absolute atomic E-state index is 0.0139. The summed E-state index contributed by atoms with van der Waals surface area (Å²) in [5.41, 5.74) is 1.94. The quantitative estimate of drug-likeness (QED) is 0.670. The number of ether oxygens (including phenoxy) is 1. The average Bonchev–Trinajstić information content (AvgIpc) is 2.72. The predicted octanol–water partition coefficient (Wildman–Crippen LogP) is 3.92. The van der Waals surface area contributed by atoms with Crippen LogP contribution < -0.4 is 4.74 Å². The van der Waals surface area contributed by atoms with Crippen molar-refractivity contribution in [1.82, 2.24) is 4.90 Å². The van der Waals surface area contributed by atoms with E-state index in [9.17, 15) is 27.6 Å². The second-order valence-electron chi connectivity index (χ2n) is 8.63. The Bertz CT molecular complexity index is 1070. The van der Waals surface area contributed by atoms with Crippen molar-refractivity contribution in [3.8, 4) is 16.9 Å². The van der Waals surface area contributed by atoms with Crippen LogP contribution in [0.15, 0.2) is 36.4 Å². The molecule has 1 heterocycles. The second kappa shape index (κ2) is 8.07. The Morgan fingerprint density at radius 3 is 2.19 bits per heavy atom. The molecule has 4 rings (SSSR count). The molecule has 168 valence electrons. The third-order valence-electron chi connectivity index (χ3n) is 6.33. The van der Waals surface area contributed by atoms with E-state index in [-0.39, 0.29) is 43.3 Å². The minimum Gasteiger partial charge on any atom is -0.496 e. The van der Waals surface area contributed by atoms with Crippen molar-refractivity contribution in [3.05, 3.63) is 53.3 Å². The van der Waals surface area contributed by atoms with Gasteiger partial charge in [-0.3, -0.25) is 14.4 Å². The van der Waals surface area contributed by atoms with Gasteiger partial charge in [-0.25, -0.2) is 4.39 Å². The Morgan fingerprint density at radius 1 is 1.06 bits per heavy atom. The van der Waals surface area contributed by atoms with Gasteiger partial charge >= 0.3 is 6.43 Å². The Morgan fingerprint density at radius 2 is 1.66 bits per heavy atom. The highest BCUT2D eigenvalue weighted by Gasteiger charge is 2.54. The fourth-order valence-electron chi connectivity index (χ4n) is 4.90. The number of hydrogen-bond acceptors (Lipinski definition) is 4. The molecular weight excluding hydrogens is 423 g/mol. The minimum atomic E-state index is -3.10. The highest BCUT2D eigenvalue weighted by atomic mass is 19.3. The molecule has 1 saturated carbocycles. The number of amides is 1. The van der Waals surface area contributed by atoms with Gasteiger partial charge in [-0.1, -0.05) is 18.2 Å². The lowest BCUT2D eigenvalue weighted by molar-refractivity contribution is -0.162. The number of carbonyl (C=O) groups is 3. The summed E-state index contributed by atoms with van der Waals surface area (Å²) in [6.07, 6.45) is -3.01. The molecule has 1 amide bonds. The number of rotatable bonds is 4. The van der Waals surface area contributed by atoms with E-state index in [2.05, 4.69) is 0 Å². The van der Waals surface area contributed by atoms with Crippen LogP contribution in [0.4, 0.5) is 13.2 Å². The first-order chi connectivity index (χ1) is 15.1. The number of Topliss-reactive ketones (excluding diaryl/α,β-unsaturated/α-hetero) is 2. The molecule has 1 saturated heterocycles. The average molecular weight is 445 g/mol. The number of methoxy groups -OCH3 is 1. The number of benzene rings is 2. The van der Waals surface area contributed by atoms with E-state index >= 15 is 0 Å². The summed E-state index contributed by atoms with van der Waals surface area (Å²) in [5.74, 6) is -2.85. The van der Waals surface area contributed by atoms with Crippen LogP contribution in [0, 0.1) is 18.2 Å². The molecule has 1 aliphatic heterocycles. The van der Waals surface area contributed by atoms with Gasteiger partial charge < -0.3 is 9.64 Å². The number of nitrogens with zero attached hydrogens (tertiary/aromatic N) is 1. The lowest BCUT2D eigenvalue weighted by atomic mass is 9.63. The van der Waals surface area contributed by atoms with Crippen LogP contribution in [0.3, 0.4) is 0 Å². The number of hydrogen-bond donors (Lipinski definition) is 0. The molecule has 5 nitrogen and oxygen atoms in total. The third-order valence-corrected chi connectivity index (χ3v) is 6.33. The fraction of sp³-hybridized carbons (Fsp3) is 0.375. The first-order valence-electron chi connectivity index (χ1n) is 10.2. The van der Waals surface area contributed by atoms with Gasteiger partial charge in [0.1, 0.15) is 29.1 Å². The van der Waals surface area contributed by atoms with Gasteiger partial charge in [0.15, 0.2) is 0 Å². The third kappa shape index (κ3) is 3.78. The number of ketones is 2. The molecule has 0 N–H and O–H groups in total. The van der Waals surface area contributed by atoms with Crippen molar-refractivity contribution in [2.24, 2.45) is 5.41 Å². The smallest absolute Gasteiger partial charge is 0.315 e. The van der Waals surface area contributed by atoms with Gasteiger partial charge in [0.25, 0.3) is 5.91 Å². The topological polar surface area (TPSA) is 63.7 Å². The summed E-state index contributed by atoms with van der Waals surface area (Å²) >= 11 is 0. The molecular formula is C24H22F3NO4. The lowest BCUT2D eigenvalue weighted by Crippen LogP contribution is -2.63. The van der Waals surface area contributed by atoms with E-state index in [1.54, 1.807) is 25.1 Å². The highest BCUT2D eigenvalue weighted by Crippen LogP contribution is 2.47. The SMILES string of the molecule is COc1cc(-c2ccc(F)cc2)cc(C)c1C1C(=O)CC2(CC1=O)CN(C(=O)C(F)F)C2. The Labute approximate surface area is 183 Å². The molecule has 2 aliphatic rings. The van der Waals surface area contributed by atoms with Crippen molar-refractivity contribution in [2.45, 2.75) is 32.1 Å². The number of halogens is 3. The van der Waals surface area contributed by atoms with E-state index < -0.39 is 23.7 Å². The lowest BCUT2D eigenvalue weighted by Gasteiger charge is -2.52. The van der Waals surface area contributed by atoms with Crippen LogP contribution in [0.25, 0.3) is 11.1 Å². The van der Waals surface area contributed by atoms with Gasteiger partial charge in [-0.15, -0.1) is 0 Å². The zero-order valence-corrected chi connectivity index (χ0v) is 17.7. The van der Waals surface area contributed by atoms with Crippen LogP contribution in [-0.4, -0.2) is 49.0 Å². The number of carbonyl (C=O) groups excluding carboxylic acids is 3. The molecule has 2 aromatic carbocycles. The van der Waals surface area contributed by atoms with Crippen LogP contribution in [0.1, 0.15) is 29.9 Å². The maximum atomic E-state index is 13.3. The molecule has 1 spiro atoms. The molecule has 1 aliphatic carbocycles. The zero-order chi connectivity index (χ0) is 23.2. The highest BCUT2D eigenvalue weighted by molar-refractivity contribution is 6.11. The monoisotopic (exact) mass is 445 g/mol. The van der Waals surface area contributed by atoms with Crippen molar-refractivity contribution >= 4 is 17.5 Å². The van der Waals surface area contributed by atoms with Crippen LogP contribution in [0.5, 0.6) is 5.75 Å². The molecule has 0 unspecified atom stereocenters. The number of likely N-dealkylation sites (tertiary alicyclic amines) is 1. The Kier molecular flexibility index (Phi) is 5.56. The van der Waals surface area contributed by atoms with Crippen LogP contribution >= 0.6 is 0 Å². The number of alkyl halides is 2. The number of aryl methyl sites for hydroxylation is 1. The molecule has 0 aromatic heterocycles. The summed E-state index contributed by atoms with van der Waals surface area (Å²) in [6.45, 7) is 1.75. The zero-order valence-electron chi connectivity index (χ0n) is 17.7. The first kappa shape index (κ1) is 22.0.